The smallest absolute Gasteiger partial charge is 0.335 e. The quantitative estimate of drug-likeness (QED) is 0.675. The number of aromatic nitrogens is 1. The van der Waals surface area contributed by atoms with Crippen molar-refractivity contribution in [1.29, 1.82) is 0 Å². The zero-order valence-corrected chi connectivity index (χ0v) is 14.3. The van der Waals surface area contributed by atoms with Crippen LogP contribution in [0.25, 0.3) is 6.08 Å². The molecule has 3 rings (SSSR count). The number of rotatable bonds is 4. The molecule has 0 aliphatic carbocycles. The first-order valence-electron chi connectivity index (χ1n) is 8.04. The molecule has 132 valence electrons. The van der Waals surface area contributed by atoms with Crippen LogP contribution < -0.4 is 15.0 Å². The predicted octanol–water partition coefficient (Wildman–Crippen LogP) is 2.54. The second-order valence-corrected chi connectivity index (χ2v) is 5.90. The summed E-state index contributed by atoms with van der Waals surface area (Å²) in [5, 5.41) is 2.18. The van der Waals surface area contributed by atoms with Gasteiger partial charge < -0.3 is 4.74 Å². The van der Waals surface area contributed by atoms with E-state index in [-0.39, 0.29) is 11.7 Å². The first kappa shape index (κ1) is 17.3. The highest BCUT2D eigenvalue weighted by Crippen LogP contribution is 2.22. The number of urea groups is 1. The molecule has 4 amide bonds. The average Bonchev–Trinajstić information content (AvgIpc) is 2.60. The van der Waals surface area contributed by atoms with Gasteiger partial charge in [-0.15, -0.1) is 0 Å². The van der Waals surface area contributed by atoms with Crippen LogP contribution in [0.1, 0.15) is 19.4 Å². The van der Waals surface area contributed by atoms with Crippen molar-refractivity contribution in [2.75, 3.05) is 4.90 Å². The maximum Gasteiger partial charge on any atom is 0.335 e. The summed E-state index contributed by atoms with van der Waals surface area (Å²) in [6.07, 6.45) is 4.41. The van der Waals surface area contributed by atoms with Crippen molar-refractivity contribution in [2.45, 2.75) is 20.0 Å². The van der Waals surface area contributed by atoms with Gasteiger partial charge in [0.2, 0.25) is 0 Å². The fourth-order valence-electron chi connectivity index (χ4n) is 2.47. The van der Waals surface area contributed by atoms with E-state index in [9.17, 15) is 14.4 Å². The van der Waals surface area contributed by atoms with Crippen LogP contribution in [0.4, 0.5) is 10.5 Å². The normalized spacial score (nSPS) is 16.2. The molecule has 0 atom stereocenters. The maximum absolute atomic E-state index is 12.7. The Bertz CT molecular complexity index is 873. The molecule has 1 N–H and O–H groups in total. The lowest BCUT2D eigenvalue weighted by Gasteiger charge is -2.26. The number of imide groups is 2. The summed E-state index contributed by atoms with van der Waals surface area (Å²) in [7, 11) is 0. The predicted molar refractivity (Wildman–Crippen MR) is 95.4 cm³/mol. The summed E-state index contributed by atoms with van der Waals surface area (Å²) < 4.78 is 5.56. The second-order valence-electron chi connectivity index (χ2n) is 5.90. The third kappa shape index (κ3) is 3.61. The van der Waals surface area contributed by atoms with Gasteiger partial charge in [0.1, 0.15) is 11.3 Å². The summed E-state index contributed by atoms with van der Waals surface area (Å²) in [5.74, 6) is -0.726. The third-order valence-corrected chi connectivity index (χ3v) is 3.59. The minimum atomic E-state index is -0.788. The molecule has 1 aliphatic rings. The molecule has 2 heterocycles. The number of anilines is 1. The molecule has 0 radical (unpaired) electrons. The molecule has 26 heavy (non-hydrogen) atoms. The summed E-state index contributed by atoms with van der Waals surface area (Å²) in [4.78, 5) is 41.7. The number of hydrogen-bond acceptors (Lipinski definition) is 5. The van der Waals surface area contributed by atoms with E-state index in [1.807, 2.05) is 13.8 Å². The highest BCUT2D eigenvalue weighted by Gasteiger charge is 2.36. The van der Waals surface area contributed by atoms with Crippen LogP contribution in [0.2, 0.25) is 0 Å². The highest BCUT2D eigenvalue weighted by atomic mass is 16.5. The molecule has 1 aliphatic heterocycles. The van der Waals surface area contributed by atoms with Crippen LogP contribution in [-0.4, -0.2) is 28.9 Å². The Morgan fingerprint density at radius 3 is 2.31 bits per heavy atom. The zero-order chi connectivity index (χ0) is 18.7. The molecule has 0 unspecified atom stereocenters. The van der Waals surface area contributed by atoms with E-state index in [2.05, 4.69) is 10.3 Å². The van der Waals surface area contributed by atoms with Crippen LogP contribution in [0.15, 0.2) is 54.4 Å². The number of amides is 4. The Balaban J connectivity index is 1.90. The van der Waals surface area contributed by atoms with Crippen molar-refractivity contribution >= 4 is 29.6 Å². The van der Waals surface area contributed by atoms with Crippen LogP contribution >= 0.6 is 0 Å². The van der Waals surface area contributed by atoms with Crippen molar-refractivity contribution in [1.82, 2.24) is 10.3 Å². The fourth-order valence-corrected chi connectivity index (χ4v) is 2.47. The first-order valence-corrected chi connectivity index (χ1v) is 8.04. The topological polar surface area (TPSA) is 88.6 Å². The van der Waals surface area contributed by atoms with Gasteiger partial charge in [-0.25, -0.2) is 9.69 Å². The van der Waals surface area contributed by atoms with E-state index in [1.165, 1.54) is 30.6 Å². The Morgan fingerprint density at radius 1 is 1.04 bits per heavy atom. The van der Waals surface area contributed by atoms with Gasteiger partial charge in [0.05, 0.1) is 11.8 Å². The molecular formula is C19H17N3O4. The molecule has 1 aromatic heterocycles. The summed E-state index contributed by atoms with van der Waals surface area (Å²) in [6.45, 7) is 3.84. The minimum absolute atomic E-state index is 0.0461. The Hall–Kier alpha value is -3.48. The molecular weight excluding hydrogens is 334 g/mol. The molecule has 0 spiro atoms. The lowest BCUT2D eigenvalue weighted by molar-refractivity contribution is -0.122. The monoisotopic (exact) mass is 351 g/mol. The van der Waals surface area contributed by atoms with Crippen molar-refractivity contribution in [3.63, 3.8) is 0 Å². The molecule has 1 aromatic carbocycles. The highest BCUT2D eigenvalue weighted by molar-refractivity contribution is 6.39. The summed E-state index contributed by atoms with van der Waals surface area (Å²) in [6, 6.07) is 9.22. The SMILES string of the molecule is CC(C)Oc1ccc(/C=C2\C(=O)NC(=O)N(c3ccncc3)C2=O)cc1. The van der Waals surface area contributed by atoms with E-state index >= 15 is 0 Å². The van der Waals surface area contributed by atoms with Crippen LogP contribution in [-0.2, 0) is 9.59 Å². The standard InChI is InChI=1S/C19H17N3O4/c1-12(2)26-15-5-3-13(4-6-15)11-16-17(23)21-19(25)22(18(16)24)14-7-9-20-10-8-14/h3-12H,1-2H3,(H,21,23,25)/b16-11+. The Kier molecular flexibility index (Phi) is 4.79. The van der Waals surface area contributed by atoms with Crippen molar-refractivity contribution in [2.24, 2.45) is 0 Å². The largest absolute Gasteiger partial charge is 0.491 e. The zero-order valence-electron chi connectivity index (χ0n) is 14.3. The second kappa shape index (κ2) is 7.18. The van der Waals surface area contributed by atoms with Crippen molar-refractivity contribution in [3.05, 3.63) is 59.9 Å². The first-order chi connectivity index (χ1) is 12.5. The van der Waals surface area contributed by atoms with E-state index in [1.54, 1.807) is 24.3 Å². The average molecular weight is 351 g/mol. The van der Waals surface area contributed by atoms with Gasteiger partial charge in [-0.2, -0.15) is 0 Å². The molecule has 1 saturated heterocycles. The van der Waals surface area contributed by atoms with E-state index < -0.39 is 17.8 Å². The maximum atomic E-state index is 12.7. The van der Waals surface area contributed by atoms with Crippen molar-refractivity contribution in [3.8, 4) is 5.75 Å². The number of carbonyl (C=O) groups excluding carboxylic acids is 3. The van der Waals surface area contributed by atoms with Gasteiger partial charge in [-0.05, 0) is 49.8 Å². The van der Waals surface area contributed by atoms with Gasteiger partial charge in [0, 0.05) is 12.4 Å². The third-order valence-electron chi connectivity index (χ3n) is 3.59. The lowest BCUT2D eigenvalue weighted by Crippen LogP contribution is -2.54. The van der Waals surface area contributed by atoms with E-state index in [0.717, 1.165) is 4.90 Å². The molecule has 0 bridgehead atoms. The number of pyridine rings is 1. The summed E-state index contributed by atoms with van der Waals surface area (Å²) >= 11 is 0. The van der Waals surface area contributed by atoms with Crippen LogP contribution in [0.3, 0.4) is 0 Å². The molecule has 0 saturated carbocycles. The molecule has 2 aromatic rings. The van der Waals surface area contributed by atoms with Gasteiger partial charge in [-0.1, -0.05) is 12.1 Å². The Morgan fingerprint density at radius 2 is 1.69 bits per heavy atom. The molecule has 7 heteroatoms. The van der Waals surface area contributed by atoms with E-state index in [0.29, 0.717) is 17.0 Å². The van der Waals surface area contributed by atoms with Crippen molar-refractivity contribution < 1.29 is 19.1 Å². The number of ether oxygens (including phenoxy) is 1. The fraction of sp³-hybridized carbons (Fsp3) is 0.158. The molecule has 1 fully saturated rings. The van der Waals surface area contributed by atoms with Gasteiger partial charge in [0.15, 0.2) is 0 Å². The Labute approximate surface area is 150 Å². The number of nitrogens with zero attached hydrogens (tertiary/aromatic N) is 2. The van der Waals surface area contributed by atoms with Crippen LogP contribution in [0, 0.1) is 0 Å². The number of carbonyl (C=O) groups is 3. The van der Waals surface area contributed by atoms with Gasteiger partial charge >= 0.3 is 6.03 Å². The number of benzene rings is 1. The van der Waals surface area contributed by atoms with E-state index in [4.69, 9.17) is 4.74 Å². The van der Waals surface area contributed by atoms with Gasteiger partial charge in [0.25, 0.3) is 11.8 Å². The summed E-state index contributed by atoms with van der Waals surface area (Å²) in [5.41, 5.74) is 0.851. The number of nitrogens with one attached hydrogen (secondary N) is 1. The molecule has 7 nitrogen and oxygen atoms in total. The number of barbiturate groups is 1. The minimum Gasteiger partial charge on any atom is -0.491 e. The number of hydrogen-bond donors (Lipinski definition) is 1. The lowest BCUT2D eigenvalue weighted by atomic mass is 10.1. The van der Waals surface area contributed by atoms with Gasteiger partial charge in [-0.3, -0.25) is 19.9 Å². The van der Waals surface area contributed by atoms with Crippen LogP contribution in [0.5, 0.6) is 5.75 Å².